The molecule has 0 heterocycles. The van der Waals surface area contributed by atoms with Gasteiger partial charge in [0.25, 0.3) is 5.69 Å². The van der Waals surface area contributed by atoms with Crippen LogP contribution < -0.4 is 5.32 Å². The van der Waals surface area contributed by atoms with Gasteiger partial charge in [-0.25, -0.2) is 4.39 Å². The van der Waals surface area contributed by atoms with Crippen LogP contribution in [0.4, 0.5) is 15.8 Å². The van der Waals surface area contributed by atoms with E-state index in [2.05, 4.69) is 10.1 Å². The number of hydrogen-bond donors (Lipinski definition) is 1. The summed E-state index contributed by atoms with van der Waals surface area (Å²) in [7, 11) is 0. The van der Waals surface area contributed by atoms with Gasteiger partial charge in [0.15, 0.2) is 5.82 Å². The number of nitrogens with zero attached hydrogens (tertiary/aromatic N) is 1. The Morgan fingerprint density at radius 2 is 2.29 bits per heavy atom. The van der Waals surface area contributed by atoms with Gasteiger partial charge in [-0.3, -0.25) is 14.9 Å². The maximum absolute atomic E-state index is 13.3. The molecule has 0 aliphatic rings. The highest BCUT2D eigenvalue weighted by Crippen LogP contribution is 2.20. The summed E-state index contributed by atoms with van der Waals surface area (Å²) in [5.41, 5.74) is -0.326. The second-order valence-electron chi connectivity index (χ2n) is 3.08. The number of hydrogen-bond acceptors (Lipinski definition) is 5. The fourth-order valence-corrected chi connectivity index (χ4v) is 1.14. The average molecular weight is 242 g/mol. The van der Waals surface area contributed by atoms with E-state index in [1.807, 2.05) is 0 Å². The molecular weight excluding hydrogens is 231 g/mol. The second kappa shape index (κ2) is 5.78. The Balaban J connectivity index is 2.66. The van der Waals surface area contributed by atoms with E-state index in [1.165, 1.54) is 6.07 Å². The number of nitro groups is 1. The Morgan fingerprint density at radius 1 is 1.59 bits per heavy atom. The lowest BCUT2D eigenvalue weighted by molar-refractivity contribution is -0.385. The summed E-state index contributed by atoms with van der Waals surface area (Å²) < 4.78 is 18.0. The van der Waals surface area contributed by atoms with Crippen LogP contribution in [0.2, 0.25) is 0 Å². The van der Waals surface area contributed by atoms with Crippen molar-refractivity contribution in [2.75, 3.05) is 18.5 Å². The summed E-state index contributed by atoms with van der Waals surface area (Å²) in [6, 6.07) is 3.14. The van der Waals surface area contributed by atoms with Crippen molar-refractivity contribution in [3.8, 4) is 0 Å². The number of benzene rings is 1. The Kier molecular flexibility index (Phi) is 4.38. The summed E-state index contributed by atoms with van der Waals surface area (Å²) in [6.45, 7) is 1.70. The van der Waals surface area contributed by atoms with E-state index in [9.17, 15) is 19.3 Å². The van der Waals surface area contributed by atoms with Crippen molar-refractivity contribution in [1.82, 2.24) is 0 Å². The lowest BCUT2D eigenvalue weighted by Crippen LogP contribution is -2.17. The van der Waals surface area contributed by atoms with Crippen LogP contribution in [0.1, 0.15) is 6.92 Å². The van der Waals surface area contributed by atoms with Crippen LogP contribution in [0.15, 0.2) is 18.2 Å². The van der Waals surface area contributed by atoms with Crippen LogP contribution in [-0.4, -0.2) is 24.0 Å². The molecule has 1 N–H and O–H groups in total. The molecule has 0 spiro atoms. The molecule has 0 atom stereocenters. The van der Waals surface area contributed by atoms with Crippen LogP contribution >= 0.6 is 0 Å². The molecule has 6 nitrogen and oxygen atoms in total. The molecule has 1 rings (SSSR count). The molecular formula is C10H11FN2O4. The van der Waals surface area contributed by atoms with E-state index in [0.717, 1.165) is 12.1 Å². The number of rotatable bonds is 5. The van der Waals surface area contributed by atoms with Crippen molar-refractivity contribution in [2.24, 2.45) is 0 Å². The standard InChI is InChI=1S/C10H11FN2O4/c1-2-17-10(14)6-12-9-4-3-7(13(15)16)5-8(9)11/h3-5,12H,2,6H2,1H3. The fraction of sp³-hybridized carbons (Fsp3) is 0.300. The monoisotopic (exact) mass is 242 g/mol. The number of nitro benzene ring substituents is 1. The van der Waals surface area contributed by atoms with Crippen molar-refractivity contribution in [3.63, 3.8) is 0 Å². The topological polar surface area (TPSA) is 81.5 Å². The number of carbonyl (C=O) groups excluding carboxylic acids is 1. The SMILES string of the molecule is CCOC(=O)CNc1ccc([N+](=O)[O-])cc1F. The highest BCUT2D eigenvalue weighted by molar-refractivity contribution is 5.75. The highest BCUT2D eigenvalue weighted by atomic mass is 19.1. The summed E-state index contributed by atoms with van der Waals surface area (Å²) in [5.74, 6) is -1.31. The first kappa shape index (κ1) is 12.9. The molecule has 92 valence electrons. The molecule has 1 aromatic rings. The molecule has 0 aliphatic carbocycles. The molecule has 0 aliphatic heterocycles. The van der Waals surface area contributed by atoms with E-state index in [1.54, 1.807) is 6.92 Å². The zero-order valence-electron chi connectivity index (χ0n) is 9.10. The quantitative estimate of drug-likeness (QED) is 0.483. The van der Waals surface area contributed by atoms with E-state index in [0.29, 0.717) is 0 Å². The van der Waals surface area contributed by atoms with E-state index >= 15 is 0 Å². The first-order valence-electron chi connectivity index (χ1n) is 4.88. The zero-order valence-corrected chi connectivity index (χ0v) is 9.10. The van der Waals surface area contributed by atoms with Crippen LogP contribution in [0.5, 0.6) is 0 Å². The maximum Gasteiger partial charge on any atom is 0.325 e. The molecule has 0 saturated heterocycles. The number of anilines is 1. The van der Waals surface area contributed by atoms with Gasteiger partial charge in [0.2, 0.25) is 0 Å². The number of nitrogens with one attached hydrogen (secondary N) is 1. The van der Waals surface area contributed by atoms with Gasteiger partial charge in [-0.2, -0.15) is 0 Å². The molecule has 0 unspecified atom stereocenters. The van der Waals surface area contributed by atoms with Crippen LogP contribution in [0.25, 0.3) is 0 Å². The van der Waals surface area contributed by atoms with Crippen LogP contribution in [-0.2, 0) is 9.53 Å². The average Bonchev–Trinajstić information content (AvgIpc) is 2.27. The molecule has 0 amide bonds. The maximum atomic E-state index is 13.3. The normalized spacial score (nSPS) is 9.76. The van der Waals surface area contributed by atoms with Crippen molar-refractivity contribution in [1.29, 1.82) is 0 Å². The van der Waals surface area contributed by atoms with Gasteiger partial charge >= 0.3 is 5.97 Å². The van der Waals surface area contributed by atoms with Gasteiger partial charge in [0, 0.05) is 6.07 Å². The highest BCUT2D eigenvalue weighted by Gasteiger charge is 2.11. The summed E-state index contributed by atoms with van der Waals surface area (Å²) >= 11 is 0. The minimum atomic E-state index is -0.788. The number of ether oxygens (including phenoxy) is 1. The lowest BCUT2D eigenvalue weighted by Gasteiger charge is -2.06. The Labute approximate surface area is 96.5 Å². The first-order chi connectivity index (χ1) is 8.04. The third kappa shape index (κ3) is 3.71. The second-order valence-corrected chi connectivity index (χ2v) is 3.08. The van der Waals surface area contributed by atoms with Gasteiger partial charge in [-0.05, 0) is 13.0 Å². The molecule has 0 bridgehead atoms. The number of carbonyl (C=O) groups is 1. The third-order valence-corrected chi connectivity index (χ3v) is 1.89. The Bertz CT molecular complexity index is 436. The zero-order chi connectivity index (χ0) is 12.8. The minimum Gasteiger partial charge on any atom is -0.465 e. The lowest BCUT2D eigenvalue weighted by atomic mass is 10.2. The van der Waals surface area contributed by atoms with Crippen molar-refractivity contribution < 1.29 is 18.8 Å². The molecule has 0 radical (unpaired) electrons. The third-order valence-electron chi connectivity index (χ3n) is 1.89. The van der Waals surface area contributed by atoms with Gasteiger partial charge < -0.3 is 10.1 Å². The molecule has 1 aromatic carbocycles. The van der Waals surface area contributed by atoms with Crippen molar-refractivity contribution in [2.45, 2.75) is 6.92 Å². The number of non-ortho nitro benzene ring substituents is 1. The summed E-state index contributed by atoms with van der Waals surface area (Å²) in [5, 5.41) is 12.9. The predicted molar refractivity (Wildman–Crippen MR) is 58.2 cm³/mol. The van der Waals surface area contributed by atoms with Gasteiger partial charge in [-0.15, -0.1) is 0 Å². The molecule has 0 saturated carbocycles. The van der Waals surface area contributed by atoms with Gasteiger partial charge in [0.05, 0.1) is 23.3 Å². The predicted octanol–water partition coefficient (Wildman–Crippen LogP) is 1.71. The Hall–Kier alpha value is -2.18. The molecule has 0 fully saturated rings. The van der Waals surface area contributed by atoms with Crippen LogP contribution in [0.3, 0.4) is 0 Å². The summed E-state index contributed by atoms with van der Waals surface area (Å²) in [6.07, 6.45) is 0. The number of esters is 1. The van der Waals surface area contributed by atoms with Gasteiger partial charge in [-0.1, -0.05) is 0 Å². The minimum absolute atomic E-state index is 0.0173. The molecule has 17 heavy (non-hydrogen) atoms. The largest absolute Gasteiger partial charge is 0.465 e. The van der Waals surface area contributed by atoms with E-state index in [-0.39, 0.29) is 24.5 Å². The van der Waals surface area contributed by atoms with Gasteiger partial charge in [0.1, 0.15) is 6.54 Å². The van der Waals surface area contributed by atoms with E-state index in [4.69, 9.17) is 0 Å². The first-order valence-corrected chi connectivity index (χ1v) is 4.88. The summed E-state index contributed by atoms with van der Waals surface area (Å²) in [4.78, 5) is 20.7. The number of halogens is 1. The molecule has 7 heteroatoms. The van der Waals surface area contributed by atoms with Crippen molar-refractivity contribution in [3.05, 3.63) is 34.1 Å². The fourth-order valence-electron chi connectivity index (χ4n) is 1.14. The smallest absolute Gasteiger partial charge is 0.325 e. The Morgan fingerprint density at radius 3 is 2.82 bits per heavy atom. The van der Waals surface area contributed by atoms with Crippen LogP contribution in [0, 0.1) is 15.9 Å². The molecule has 0 aromatic heterocycles. The van der Waals surface area contributed by atoms with E-state index < -0.39 is 16.7 Å². The van der Waals surface area contributed by atoms with Crippen molar-refractivity contribution >= 4 is 17.3 Å².